The van der Waals surface area contributed by atoms with Gasteiger partial charge in [-0.15, -0.1) is 0 Å². The first kappa shape index (κ1) is 14.0. The van der Waals surface area contributed by atoms with E-state index in [-0.39, 0.29) is 23.2 Å². The zero-order valence-corrected chi connectivity index (χ0v) is 10.9. The van der Waals surface area contributed by atoms with Crippen LogP contribution in [0.15, 0.2) is 18.3 Å². The smallest absolute Gasteiger partial charge is 0.338 e. The lowest BCUT2D eigenvalue weighted by molar-refractivity contribution is -0.122. The Balaban J connectivity index is 2.03. The lowest BCUT2D eigenvalue weighted by Crippen LogP contribution is -2.45. The van der Waals surface area contributed by atoms with Crippen LogP contribution >= 0.6 is 0 Å². The molecule has 1 atom stereocenters. The number of aromatic carboxylic acids is 1. The molecule has 7 heteroatoms. The van der Waals surface area contributed by atoms with Gasteiger partial charge in [-0.3, -0.25) is 14.6 Å². The maximum absolute atomic E-state index is 12.0. The van der Waals surface area contributed by atoms with Crippen molar-refractivity contribution in [2.75, 3.05) is 0 Å². The van der Waals surface area contributed by atoms with E-state index in [1.165, 1.54) is 18.3 Å². The van der Waals surface area contributed by atoms with Gasteiger partial charge in [-0.05, 0) is 31.9 Å². The third-order valence-corrected chi connectivity index (χ3v) is 2.92. The van der Waals surface area contributed by atoms with Crippen LogP contribution in [0.1, 0.15) is 40.6 Å². The average Bonchev–Trinajstić information content (AvgIpc) is 3.22. The van der Waals surface area contributed by atoms with Crippen molar-refractivity contribution in [1.29, 1.82) is 0 Å². The molecule has 0 spiro atoms. The Morgan fingerprint density at radius 2 is 2.10 bits per heavy atom. The molecular weight excluding hydrogens is 262 g/mol. The fourth-order valence-corrected chi connectivity index (χ4v) is 1.64. The van der Waals surface area contributed by atoms with Crippen molar-refractivity contribution in [2.24, 2.45) is 0 Å². The number of carbonyl (C=O) groups is 3. The lowest BCUT2D eigenvalue weighted by atomic mass is 10.1. The summed E-state index contributed by atoms with van der Waals surface area (Å²) in [6, 6.07) is 2.18. The van der Waals surface area contributed by atoms with Gasteiger partial charge in [0.1, 0.15) is 11.7 Å². The molecule has 1 unspecified atom stereocenters. The maximum Gasteiger partial charge on any atom is 0.338 e. The minimum absolute atomic E-state index is 0.195. The molecule has 106 valence electrons. The number of carboxylic acids is 1. The molecule has 2 amide bonds. The highest BCUT2D eigenvalue weighted by Crippen LogP contribution is 2.18. The number of rotatable bonds is 5. The Morgan fingerprint density at radius 1 is 1.40 bits per heavy atom. The molecule has 1 aliphatic rings. The van der Waals surface area contributed by atoms with Crippen LogP contribution < -0.4 is 10.6 Å². The second-order valence-electron chi connectivity index (χ2n) is 4.68. The molecule has 0 bridgehead atoms. The number of nitrogens with zero attached hydrogens (tertiary/aromatic N) is 1. The Morgan fingerprint density at radius 3 is 2.70 bits per heavy atom. The summed E-state index contributed by atoms with van der Waals surface area (Å²) in [7, 11) is 0. The van der Waals surface area contributed by atoms with Gasteiger partial charge in [-0.25, -0.2) is 4.79 Å². The number of aromatic nitrogens is 1. The van der Waals surface area contributed by atoms with Crippen molar-refractivity contribution in [2.45, 2.75) is 31.8 Å². The summed E-state index contributed by atoms with van der Waals surface area (Å²) in [6.45, 7) is 1.54. The summed E-state index contributed by atoms with van der Waals surface area (Å²) in [4.78, 5) is 38.4. The highest BCUT2D eigenvalue weighted by molar-refractivity contribution is 6.04. The van der Waals surface area contributed by atoms with Crippen molar-refractivity contribution in [1.82, 2.24) is 15.6 Å². The first-order valence-electron chi connectivity index (χ1n) is 6.28. The number of pyridine rings is 1. The molecule has 0 aliphatic heterocycles. The normalized spacial score (nSPS) is 15.2. The zero-order valence-electron chi connectivity index (χ0n) is 10.9. The number of hydrogen-bond donors (Lipinski definition) is 3. The molecule has 1 aromatic rings. The van der Waals surface area contributed by atoms with Gasteiger partial charge < -0.3 is 15.7 Å². The van der Waals surface area contributed by atoms with Crippen molar-refractivity contribution in [3.8, 4) is 0 Å². The quantitative estimate of drug-likeness (QED) is 0.711. The number of amides is 2. The fourth-order valence-electron chi connectivity index (χ4n) is 1.64. The van der Waals surface area contributed by atoms with Crippen molar-refractivity contribution < 1.29 is 19.5 Å². The fraction of sp³-hybridized carbons (Fsp3) is 0.385. The van der Waals surface area contributed by atoms with Crippen LogP contribution in [0.5, 0.6) is 0 Å². The van der Waals surface area contributed by atoms with Gasteiger partial charge in [-0.2, -0.15) is 0 Å². The van der Waals surface area contributed by atoms with Gasteiger partial charge in [0.05, 0.1) is 5.56 Å². The summed E-state index contributed by atoms with van der Waals surface area (Å²) >= 11 is 0. The molecule has 2 rings (SSSR count). The van der Waals surface area contributed by atoms with Gasteiger partial charge in [0.25, 0.3) is 5.91 Å². The molecule has 1 heterocycles. The molecule has 3 N–H and O–H groups in total. The zero-order chi connectivity index (χ0) is 14.7. The van der Waals surface area contributed by atoms with Gasteiger partial charge in [0, 0.05) is 12.2 Å². The van der Waals surface area contributed by atoms with E-state index in [9.17, 15) is 14.4 Å². The van der Waals surface area contributed by atoms with E-state index >= 15 is 0 Å². The Hall–Kier alpha value is -2.44. The van der Waals surface area contributed by atoms with Crippen LogP contribution in [0.4, 0.5) is 0 Å². The monoisotopic (exact) mass is 277 g/mol. The summed E-state index contributed by atoms with van der Waals surface area (Å²) < 4.78 is 0. The molecule has 0 radical (unpaired) electrons. The molecule has 7 nitrogen and oxygen atoms in total. The molecule has 1 aliphatic carbocycles. The van der Waals surface area contributed by atoms with Crippen LogP contribution in [-0.2, 0) is 4.79 Å². The Kier molecular flexibility index (Phi) is 3.97. The topological polar surface area (TPSA) is 108 Å². The second kappa shape index (κ2) is 5.68. The van der Waals surface area contributed by atoms with Gasteiger partial charge in [0.2, 0.25) is 5.91 Å². The van der Waals surface area contributed by atoms with Crippen molar-refractivity contribution >= 4 is 17.8 Å². The first-order chi connectivity index (χ1) is 9.49. The van der Waals surface area contributed by atoms with Crippen molar-refractivity contribution in [3.63, 3.8) is 0 Å². The summed E-state index contributed by atoms with van der Waals surface area (Å²) in [6.07, 6.45) is 3.24. The predicted molar refractivity (Wildman–Crippen MR) is 69.3 cm³/mol. The molecule has 0 aromatic carbocycles. The Bertz CT molecular complexity index is 554. The van der Waals surface area contributed by atoms with E-state index in [2.05, 4.69) is 15.6 Å². The molecule has 1 saturated carbocycles. The van der Waals surface area contributed by atoms with Gasteiger partial charge in [-0.1, -0.05) is 0 Å². The van der Waals surface area contributed by atoms with E-state index in [0.717, 1.165) is 12.8 Å². The number of nitrogens with one attached hydrogen (secondary N) is 2. The van der Waals surface area contributed by atoms with E-state index < -0.39 is 17.9 Å². The first-order valence-corrected chi connectivity index (χ1v) is 6.28. The highest BCUT2D eigenvalue weighted by atomic mass is 16.4. The van der Waals surface area contributed by atoms with Crippen LogP contribution in [0.2, 0.25) is 0 Å². The largest absolute Gasteiger partial charge is 0.478 e. The third-order valence-electron chi connectivity index (χ3n) is 2.92. The van der Waals surface area contributed by atoms with E-state index in [1.807, 2.05) is 0 Å². The standard InChI is InChI=1S/C13H15N3O4/c1-7(11(17)16-8-4-5-8)15-12(18)10-9(13(19)20)3-2-6-14-10/h2-3,6-8H,4-5H2,1H3,(H,15,18)(H,16,17)(H,19,20). The molecule has 0 saturated heterocycles. The molecule has 20 heavy (non-hydrogen) atoms. The van der Waals surface area contributed by atoms with Crippen LogP contribution in [0.25, 0.3) is 0 Å². The van der Waals surface area contributed by atoms with E-state index in [1.54, 1.807) is 6.92 Å². The highest BCUT2D eigenvalue weighted by Gasteiger charge is 2.27. The van der Waals surface area contributed by atoms with Gasteiger partial charge in [0.15, 0.2) is 0 Å². The number of carboxylic acid groups (broad SMARTS) is 1. The van der Waals surface area contributed by atoms with Crippen LogP contribution in [0.3, 0.4) is 0 Å². The third kappa shape index (κ3) is 3.31. The summed E-state index contributed by atoms with van der Waals surface area (Å²) in [5, 5.41) is 14.2. The SMILES string of the molecule is CC(NC(=O)c1ncccc1C(=O)O)C(=O)NC1CC1. The van der Waals surface area contributed by atoms with Crippen molar-refractivity contribution in [3.05, 3.63) is 29.6 Å². The minimum atomic E-state index is -1.24. The van der Waals surface area contributed by atoms with E-state index in [0.29, 0.717) is 0 Å². The second-order valence-corrected chi connectivity index (χ2v) is 4.68. The van der Waals surface area contributed by atoms with Crippen LogP contribution in [0, 0.1) is 0 Å². The molecule has 1 fully saturated rings. The minimum Gasteiger partial charge on any atom is -0.478 e. The number of hydrogen-bond acceptors (Lipinski definition) is 4. The van der Waals surface area contributed by atoms with Crippen LogP contribution in [-0.4, -0.2) is 40.0 Å². The van der Waals surface area contributed by atoms with Gasteiger partial charge >= 0.3 is 5.97 Å². The maximum atomic E-state index is 12.0. The predicted octanol–water partition coefficient (Wildman–Crippen LogP) is 0.177. The molecular formula is C13H15N3O4. The summed E-state index contributed by atoms with van der Waals surface area (Å²) in [5.74, 6) is -2.20. The average molecular weight is 277 g/mol. The lowest BCUT2D eigenvalue weighted by Gasteiger charge is -2.14. The number of carbonyl (C=O) groups excluding carboxylic acids is 2. The summed E-state index contributed by atoms with van der Waals surface area (Å²) in [5.41, 5.74) is -0.397. The molecule has 1 aromatic heterocycles. The Labute approximate surface area is 115 Å². The van der Waals surface area contributed by atoms with E-state index in [4.69, 9.17) is 5.11 Å².